The van der Waals surface area contributed by atoms with Crippen LogP contribution >= 0.6 is 11.8 Å². The number of carbonyl (C=O) groups is 1. The fraction of sp³-hybridized carbons (Fsp3) is 0.222. The molecule has 3 heterocycles. The summed E-state index contributed by atoms with van der Waals surface area (Å²) in [5, 5.41) is 8.14. The minimum Gasteiger partial charge on any atom is -0.326 e. The second-order valence-corrected chi connectivity index (χ2v) is 6.78. The number of hydrazone groups is 1. The van der Waals surface area contributed by atoms with Crippen LogP contribution in [0.5, 0.6) is 0 Å². The molecule has 0 radical (unpaired) electrons. The molecule has 0 saturated heterocycles. The van der Waals surface area contributed by atoms with Gasteiger partial charge in [-0.15, -0.1) is 0 Å². The van der Waals surface area contributed by atoms with Gasteiger partial charge in [0.25, 0.3) is 0 Å². The summed E-state index contributed by atoms with van der Waals surface area (Å²) in [7, 11) is 0. The molecule has 0 bridgehead atoms. The third-order valence-corrected chi connectivity index (χ3v) is 4.96. The monoisotopic (exact) mass is 351 g/mol. The molecule has 7 heteroatoms. The van der Waals surface area contributed by atoms with Crippen LogP contribution in [0.15, 0.2) is 52.7 Å². The van der Waals surface area contributed by atoms with Gasteiger partial charge in [-0.1, -0.05) is 30.0 Å². The van der Waals surface area contributed by atoms with E-state index in [1.807, 2.05) is 36.4 Å². The van der Waals surface area contributed by atoms with Crippen LogP contribution < -0.4 is 10.7 Å². The van der Waals surface area contributed by atoms with Crippen molar-refractivity contribution in [3.8, 4) is 0 Å². The highest BCUT2D eigenvalue weighted by atomic mass is 32.2. The Morgan fingerprint density at radius 3 is 3.00 bits per heavy atom. The van der Waals surface area contributed by atoms with Crippen LogP contribution in [0, 0.1) is 0 Å². The summed E-state index contributed by atoms with van der Waals surface area (Å²) in [6.07, 6.45) is 3.07. The topological polar surface area (TPSA) is 78.7 Å². The van der Waals surface area contributed by atoms with E-state index in [0.29, 0.717) is 13.0 Å². The SMILES string of the molecule is O=C1Cc2ccc(C3=NNC(=NCCc4ccccn4)SC3)cc2N1. The fourth-order valence-electron chi connectivity index (χ4n) is 2.76. The third-order valence-electron chi connectivity index (χ3n) is 4.05. The van der Waals surface area contributed by atoms with Crippen molar-refractivity contribution in [2.24, 2.45) is 10.1 Å². The van der Waals surface area contributed by atoms with Gasteiger partial charge in [0.15, 0.2) is 5.17 Å². The van der Waals surface area contributed by atoms with Crippen LogP contribution in [0.25, 0.3) is 0 Å². The number of hydrogen-bond acceptors (Lipinski definition) is 5. The molecule has 126 valence electrons. The van der Waals surface area contributed by atoms with Crippen molar-refractivity contribution in [2.75, 3.05) is 17.6 Å². The predicted octanol–water partition coefficient (Wildman–Crippen LogP) is 2.22. The van der Waals surface area contributed by atoms with Crippen LogP contribution in [-0.4, -0.2) is 34.1 Å². The van der Waals surface area contributed by atoms with Crippen LogP contribution in [0.2, 0.25) is 0 Å². The number of carbonyl (C=O) groups excluding carboxylic acids is 1. The van der Waals surface area contributed by atoms with Gasteiger partial charge >= 0.3 is 0 Å². The van der Waals surface area contributed by atoms with Gasteiger partial charge in [-0.3, -0.25) is 20.2 Å². The first-order valence-electron chi connectivity index (χ1n) is 8.11. The first-order valence-corrected chi connectivity index (χ1v) is 9.09. The standard InChI is InChI=1S/C18H17N5OS/c24-17-10-13-5-4-12(9-15(13)21-17)16-11-25-18(23-22-16)20-8-6-14-3-1-2-7-19-14/h1-5,7,9H,6,8,10-11H2,(H,20,23)(H,21,24). The van der Waals surface area contributed by atoms with Gasteiger partial charge in [-0.25, -0.2) is 0 Å². The van der Waals surface area contributed by atoms with E-state index in [-0.39, 0.29) is 5.91 Å². The molecule has 25 heavy (non-hydrogen) atoms. The summed E-state index contributed by atoms with van der Waals surface area (Å²) < 4.78 is 0. The Morgan fingerprint density at radius 1 is 1.24 bits per heavy atom. The number of nitrogens with one attached hydrogen (secondary N) is 2. The number of aliphatic imine (C=N–C) groups is 1. The minimum atomic E-state index is 0.0487. The molecule has 2 aromatic rings. The molecule has 1 aromatic carbocycles. The molecule has 0 spiro atoms. The molecular weight excluding hydrogens is 334 g/mol. The van der Waals surface area contributed by atoms with E-state index in [0.717, 1.165) is 45.6 Å². The third kappa shape index (κ3) is 3.71. The van der Waals surface area contributed by atoms with Crippen molar-refractivity contribution >= 4 is 34.2 Å². The van der Waals surface area contributed by atoms with E-state index in [9.17, 15) is 4.79 Å². The van der Waals surface area contributed by atoms with E-state index in [1.165, 1.54) is 0 Å². The Hall–Kier alpha value is -2.67. The highest BCUT2D eigenvalue weighted by molar-refractivity contribution is 8.14. The highest BCUT2D eigenvalue weighted by Crippen LogP contribution is 2.25. The molecule has 0 fully saturated rings. The molecule has 0 saturated carbocycles. The van der Waals surface area contributed by atoms with Crippen molar-refractivity contribution in [2.45, 2.75) is 12.8 Å². The maximum Gasteiger partial charge on any atom is 0.228 e. The first kappa shape index (κ1) is 15.8. The molecule has 1 aromatic heterocycles. The Balaban J connectivity index is 1.38. The molecule has 0 aliphatic carbocycles. The number of hydrogen-bond donors (Lipinski definition) is 2. The second-order valence-electron chi connectivity index (χ2n) is 5.81. The molecule has 2 aliphatic heterocycles. The van der Waals surface area contributed by atoms with Gasteiger partial charge in [-0.2, -0.15) is 5.10 Å². The number of fused-ring (bicyclic) bond motifs is 1. The van der Waals surface area contributed by atoms with E-state index < -0.39 is 0 Å². The van der Waals surface area contributed by atoms with E-state index in [2.05, 4.69) is 25.8 Å². The number of pyridine rings is 1. The maximum absolute atomic E-state index is 11.5. The molecule has 4 rings (SSSR count). The quantitative estimate of drug-likeness (QED) is 0.885. The van der Waals surface area contributed by atoms with Gasteiger partial charge in [0.1, 0.15) is 0 Å². The van der Waals surface area contributed by atoms with Crippen LogP contribution in [0.4, 0.5) is 5.69 Å². The van der Waals surface area contributed by atoms with Crippen molar-refractivity contribution in [3.63, 3.8) is 0 Å². The lowest BCUT2D eigenvalue weighted by Crippen LogP contribution is -2.25. The number of anilines is 1. The van der Waals surface area contributed by atoms with Crippen LogP contribution in [0.1, 0.15) is 16.8 Å². The fourth-order valence-corrected chi connectivity index (χ4v) is 3.55. The number of amidine groups is 1. The summed E-state index contributed by atoms with van der Waals surface area (Å²) >= 11 is 1.64. The first-order chi connectivity index (χ1) is 12.3. The number of rotatable bonds is 4. The molecule has 2 aliphatic rings. The van der Waals surface area contributed by atoms with Crippen LogP contribution in [-0.2, 0) is 17.6 Å². The van der Waals surface area contributed by atoms with Crippen molar-refractivity contribution < 1.29 is 4.79 Å². The average Bonchev–Trinajstić information content (AvgIpc) is 3.02. The minimum absolute atomic E-state index is 0.0487. The number of thioether (sulfide) groups is 1. The second kappa shape index (κ2) is 7.06. The Labute approximate surface area is 149 Å². The number of aromatic nitrogens is 1. The Bertz CT molecular complexity index is 863. The lowest BCUT2D eigenvalue weighted by molar-refractivity contribution is -0.115. The lowest BCUT2D eigenvalue weighted by Gasteiger charge is -2.15. The van der Waals surface area contributed by atoms with Crippen molar-refractivity contribution in [1.82, 2.24) is 10.4 Å². The smallest absolute Gasteiger partial charge is 0.228 e. The molecule has 0 atom stereocenters. The summed E-state index contributed by atoms with van der Waals surface area (Å²) in [5.74, 6) is 0.801. The van der Waals surface area contributed by atoms with Crippen LogP contribution in [0.3, 0.4) is 0 Å². The molecule has 2 N–H and O–H groups in total. The van der Waals surface area contributed by atoms with Gasteiger partial charge in [0, 0.05) is 41.9 Å². The molecule has 1 amide bonds. The van der Waals surface area contributed by atoms with Crippen molar-refractivity contribution in [1.29, 1.82) is 0 Å². The zero-order chi connectivity index (χ0) is 17.1. The lowest BCUT2D eigenvalue weighted by atomic mass is 10.1. The highest BCUT2D eigenvalue weighted by Gasteiger charge is 2.20. The van der Waals surface area contributed by atoms with Gasteiger partial charge in [0.05, 0.1) is 12.1 Å². The molecule has 0 unspecified atom stereocenters. The number of benzene rings is 1. The normalized spacial score (nSPS) is 17.7. The van der Waals surface area contributed by atoms with Crippen molar-refractivity contribution in [3.05, 3.63) is 59.4 Å². The van der Waals surface area contributed by atoms with Gasteiger partial charge in [-0.05, 0) is 23.8 Å². The molecular formula is C18H17N5OS. The largest absolute Gasteiger partial charge is 0.326 e. The maximum atomic E-state index is 11.5. The number of amides is 1. The molecule has 6 nitrogen and oxygen atoms in total. The summed E-state index contributed by atoms with van der Waals surface area (Å²) in [4.78, 5) is 20.3. The zero-order valence-corrected chi connectivity index (χ0v) is 14.3. The average molecular weight is 351 g/mol. The van der Waals surface area contributed by atoms with Gasteiger partial charge < -0.3 is 5.32 Å². The van der Waals surface area contributed by atoms with E-state index in [4.69, 9.17) is 0 Å². The summed E-state index contributed by atoms with van der Waals surface area (Å²) in [5.41, 5.74) is 7.98. The Morgan fingerprint density at radius 2 is 2.20 bits per heavy atom. The number of nitrogens with zero attached hydrogens (tertiary/aromatic N) is 3. The summed E-state index contributed by atoms with van der Waals surface area (Å²) in [6, 6.07) is 11.9. The van der Waals surface area contributed by atoms with Gasteiger partial charge in [0.2, 0.25) is 5.91 Å². The summed E-state index contributed by atoms with van der Waals surface area (Å²) in [6.45, 7) is 0.683. The Kier molecular flexibility index (Phi) is 4.47. The van der Waals surface area contributed by atoms with E-state index >= 15 is 0 Å². The zero-order valence-electron chi connectivity index (χ0n) is 13.5. The van der Waals surface area contributed by atoms with E-state index in [1.54, 1.807) is 18.0 Å². The predicted molar refractivity (Wildman–Crippen MR) is 101 cm³/mol.